The summed E-state index contributed by atoms with van der Waals surface area (Å²) in [5, 5.41) is 3.38. The van der Waals surface area contributed by atoms with Gasteiger partial charge in [-0.2, -0.15) is 0 Å². The minimum absolute atomic E-state index is 0.299. The van der Waals surface area contributed by atoms with E-state index in [-0.39, 0.29) is 0 Å². The first kappa shape index (κ1) is 13.2. The van der Waals surface area contributed by atoms with E-state index in [9.17, 15) is 0 Å². The van der Waals surface area contributed by atoms with E-state index in [0.29, 0.717) is 18.1 Å². The molecule has 0 amide bonds. The van der Waals surface area contributed by atoms with Crippen LogP contribution in [-0.2, 0) is 0 Å². The minimum Gasteiger partial charge on any atom is -0.497 e. The monoisotopic (exact) mass is 249 g/mol. The van der Waals surface area contributed by atoms with Crippen LogP contribution in [0.1, 0.15) is 38.3 Å². The predicted octanol–water partition coefficient (Wildman–Crippen LogP) is 3.15. The molecule has 0 radical (unpaired) electrons. The highest BCUT2D eigenvalue weighted by molar-refractivity contribution is 5.43. The summed E-state index contributed by atoms with van der Waals surface area (Å²) in [6.07, 6.45) is 2.46. The van der Waals surface area contributed by atoms with Crippen molar-refractivity contribution in [1.82, 2.24) is 5.32 Å². The summed E-state index contributed by atoms with van der Waals surface area (Å²) in [6.45, 7) is 4.47. The van der Waals surface area contributed by atoms with Crippen LogP contribution in [0.15, 0.2) is 18.2 Å². The molecule has 3 nitrogen and oxygen atoms in total. The first-order chi connectivity index (χ1) is 8.69. The number of benzene rings is 1. The lowest BCUT2D eigenvalue weighted by Crippen LogP contribution is -2.35. The number of rotatable bonds is 4. The van der Waals surface area contributed by atoms with E-state index in [4.69, 9.17) is 9.47 Å². The quantitative estimate of drug-likeness (QED) is 0.889. The molecule has 0 aromatic heterocycles. The van der Waals surface area contributed by atoms with Crippen LogP contribution in [0.3, 0.4) is 0 Å². The maximum absolute atomic E-state index is 6.12. The Hall–Kier alpha value is -1.22. The summed E-state index contributed by atoms with van der Waals surface area (Å²) in [4.78, 5) is 0. The van der Waals surface area contributed by atoms with Gasteiger partial charge in [0.25, 0.3) is 0 Å². The lowest BCUT2D eigenvalue weighted by Gasteiger charge is -2.35. The first-order valence-electron chi connectivity index (χ1n) is 6.71. The predicted molar refractivity (Wildman–Crippen MR) is 73.3 cm³/mol. The summed E-state index contributed by atoms with van der Waals surface area (Å²) in [5.41, 5.74) is 1.21. The van der Waals surface area contributed by atoms with Crippen molar-refractivity contribution in [2.24, 2.45) is 5.92 Å². The molecule has 0 fully saturated rings. The SMILES string of the molecule is CCC(C)C1CC(NC)c2cc(OC)ccc2O1. The molecule has 2 rings (SSSR count). The van der Waals surface area contributed by atoms with Crippen LogP contribution in [0.5, 0.6) is 11.5 Å². The smallest absolute Gasteiger partial charge is 0.124 e. The number of fused-ring (bicyclic) bond motifs is 1. The Labute approximate surface area is 109 Å². The zero-order chi connectivity index (χ0) is 13.1. The fraction of sp³-hybridized carbons (Fsp3) is 0.600. The van der Waals surface area contributed by atoms with Crippen LogP contribution in [0.25, 0.3) is 0 Å². The van der Waals surface area contributed by atoms with Crippen LogP contribution in [0, 0.1) is 5.92 Å². The first-order valence-corrected chi connectivity index (χ1v) is 6.71. The zero-order valence-electron chi connectivity index (χ0n) is 11.7. The van der Waals surface area contributed by atoms with Gasteiger partial charge in [-0.15, -0.1) is 0 Å². The molecular formula is C15H23NO2. The molecule has 0 bridgehead atoms. The van der Waals surface area contributed by atoms with E-state index in [1.54, 1.807) is 7.11 Å². The summed E-state index contributed by atoms with van der Waals surface area (Å²) < 4.78 is 11.4. The van der Waals surface area contributed by atoms with Crippen molar-refractivity contribution in [1.29, 1.82) is 0 Å². The lowest BCUT2D eigenvalue weighted by molar-refractivity contribution is 0.0993. The molecule has 0 saturated heterocycles. The molecule has 1 aliphatic heterocycles. The molecule has 1 aromatic carbocycles. The third kappa shape index (κ3) is 2.46. The average molecular weight is 249 g/mol. The Morgan fingerprint density at radius 2 is 2.28 bits per heavy atom. The second-order valence-corrected chi connectivity index (χ2v) is 5.02. The van der Waals surface area contributed by atoms with Crippen molar-refractivity contribution in [3.8, 4) is 11.5 Å². The number of methoxy groups -OCH3 is 1. The summed E-state index contributed by atoms with van der Waals surface area (Å²) in [6, 6.07) is 6.41. The molecule has 3 heteroatoms. The molecule has 0 saturated carbocycles. The molecule has 18 heavy (non-hydrogen) atoms. The molecule has 1 N–H and O–H groups in total. The molecule has 100 valence electrons. The van der Waals surface area contributed by atoms with Gasteiger partial charge in [-0.05, 0) is 31.2 Å². The molecule has 3 atom stereocenters. The Bertz CT molecular complexity index is 405. The van der Waals surface area contributed by atoms with Crippen molar-refractivity contribution in [2.75, 3.05) is 14.2 Å². The number of hydrogen-bond donors (Lipinski definition) is 1. The molecule has 1 heterocycles. The maximum Gasteiger partial charge on any atom is 0.124 e. The highest BCUT2D eigenvalue weighted by atomic mass is 16.5. The summed E-state index contributed by atoms with van der Waals surface area (Å²) in [5.74, 6) is 2.46. The van der Waals surface area contributed by atoms with Gasteiger partial charge in [-0.3, -0.25) is 0 Å². The Morgan fingerprint density at radius 1 is 1.50 bits per heavy atom. The Kier molecular flexibility index (Phi) is 4.12. The van der Waals surface area contributed by atoms with Crippen molar-refractivity contribution < 1.29 is 9.47 Å². The maximum atomic E-state index is 6.12. The fourth-order valence-corrected chi connectivity index (χ4v) is 2.49. The van der Waals surface area contributed by atoms with E-state index >= 15 is 0 Å². The van der Waals surface area contributed by atoms with Gasteiger partial charge in [0.05, 0.1) is 7.11 Å². The average Bonchev–Trinajstić information content (AvgIpc) is 2.44. The van der Waals surface area contributed by atoms with Crippen molar-refractivity contribution >= 4 is 0 Å². The van der Waals surface area contributed by atoms with E-state index in [1.165, 1.54) is 5.56 Å². The Morgan fingerprint density at radius 3 is 2.89 bits per heavy atom. The largest absolute Gasteiger partial charge is 0.497 e. The van der Waals surface area contributed by atoms with Crippen molar-refractivity contribution in [3.05, 3.63) is 23.8 Å². The second kappa shape index (κ2) is 5.61. The van der Waals surface area contributed by atoms with E-state index < -0.39 is 0 Å². The van der Waals surface area contributed by atoms with Crippen LogP contribution in [0.2, 0.25) is 0 Å². The van der Waals surface area contributed by atoms with Gasteiger partial charge in [-0.1, -0.05) is 20.3 Å². The van der Waals surface area contributed by atoms with Gasteiger partial charge in [0.15, 0.2) is 0 Å². The molecule has 0 spiro atoms. The third-order valence-corrected chi connectivity index (χ3v) is 3.97. The van der Waals surface area contributed by atoms with Gasteiger partial charge >= 0.3 is 0 Å². The van der Waals surface area contributed by atoms with Crippen LogP contribution in [-0.4, -0.2) is 20.3 Å². The Balaban J connectivity index is 2.29. The molecular weight excluding hydrogens is 226 g/mol. The summed E-state index contributed by atoms with van der Waals surface area (Å²) in [7, 11) is 3.70. The van der Waals surface area contributed by atoms with Crippen LogP contribution < -0.4 is 14.8 Å². The summed E-state index contributed by atoms with van der Waals surface area (Å²) >= 11 is 0. The van der Waals surface area contributed by atoms with Crippen LogP contribution in [0.4, 0.5) is 0 Å². The van der Waals surface area contributed by atoms with Gasteiger partial charge < -0.3 is 14.8 Å². The highest BCUT2D eigenvalue weighted by Gasteiger charge is 2.30. The van der Waals surface area contributed by atoms with Gasteiger partial charge in [-0.25, -0.2) is 0 Å². The van der Waals surface area contributed by atoms with Gasteiger partial charge in [0.2, 0.25) is 0 Å². The van der Waals surface area contributed by atoms with Gasteiger partial charge in [0, 0.05) is 18.0 Å². The lowest BCUT2D eigenvalue weighted by atomic mass is 9.89. The van der Waals surface area contributed by atoms with Crippen molar-refractivity contribution in [3.63, 3.8) is 0 Å². The van der Waals surface area contributed by atoms with Crippen molar-refractivity contribution in [2.45, 2.75) is 38.8 Å². The zero-order valence-corrected chi connectivity index (χ0v) is 11.7. The second-order valence-electron chi connectivity index (χ2n) is 5.02. The van der Waals surface area contributed by atoms with E-state index in [1.807, 2.05) is 19.2 Å². The topological polar surface area (TPSA) is 30.5 Å². The van der Waals surface area contributed by atoms with E-state index in [0.717, 1.165) is 24.3 Å². The van der Waals surface area contributed by atoms with Gasteiger partial charge in [0.1, 0.15) is 17.6 Å². The van der Waals surface area contributed by atoms with Crippen LogP contribution >= 0.6 is 0 Å². The standard InChI is InChI=1S/C15H23NO2/c1-5-10(2)15-9-13(16-3)12-8-11(17-4)6-7-14(12)18-15/h6-8,10,13,15-16H,5,9H2,1-4H3. The third-order valence-electron chi connectivity index (χ3n) is 3.97. The normalized spacial score (nSPS) is 24.0. The fourth-order valence-electron chi connectivity index (χ4n) is 2.49. The molecule has 1 aliphatic rings. The highest BCUT2D eigenvalue weighted by Crippen LogP contribution is 2.39. The van der Waals surface area contributed by atoms with E-state index in [2.05, 4.69) is 25.2 Å². The number of ether oxygens (including phenoxy) is 2. The molecule has 3 unspecified atom stereocenters. The molecule has 1 aromatic rings. The minimum atomic E-state index is 0.299. The number of hydrogen-bond acceptors (Lipinski definition) is 3. The molecule has 0 aliphatic carbocycles. The number of nitrogens with one attached hydrogen (secondary N) is 1.